The highest BCUT2D eigenvalue weighted by Crippen LogP contribution is 2.34. The van der Waals surface area contributed by atoms with E-state index in [9.17, 15) is 14.4 Å². The Balaban J connectivity index is 1.77. The number of carbonyl (C=O) groups excluding carboxylic acids is 2. The van der Waals surface area contributed by atoms with Gasteiger partial charge in [-0.1, -0.05) is 19.1 Å². The van der Waals surface area contributed by atoms with E-state index in [-0.39, 0.29) is 31.0 Å². The summed E-state index contributed by atoms with van der Waals surface area (Å²) in [5, 5.41) is 3.85. The van der Waals surface area contributed by atoms with Gasteiger partial charge in [-0.15, -0.1) is 11.3 Å². The first kappa shape index (κ1) is 21.7. The summed E-state index contributed by atoms with van der Waals surface area (Å²) >= 11 is 1.36. The van der Waals surface area contributed by atoms with Crippen molar-refractivity contribution in [1.82, 2.24) is 9.55 Å². The Kier molecular flexibility index (Phi) is 6.66. The second kappa shape index (κ2) is 9.21. The maximum absolute atomic E-state index is 12.7. The number of aryl methyl sites for hydroxylation is 3. The van der Waals surface area contributed by atoms with Gasteiger partial charge in [0, 0.05) is 17.8 Å². The average molecular weight is 428 g/mol. The lowest BCUT2D eigenvalue weighted by Gasteiger charge is -2.09. The smallest absolute Gasteiger partial charge is 0.341 e. The molecule has 1 amide bonds. The Labute approximate surface area is 178 Å². The molecule has 30 heavy (non-hydrogen) atoms. The number of para-hydroxylation sites is 1. The summed E-state index contributed by atoms with van der Waals surface area (Å²) in [5.74, 6) is -0.708. The molecule has 0 saturated carbocycles. The molecule has 0 aliphatic heterocycles. The standard InChI is InChI=1S/C22H25N3O4S/c1-5-15-14(4)30-20(18(15)22(28)29-6-2)24-17(26)10-11-25-12-23-19-13(3)8-7-9-16(19)21(25)27/h7-9,12H,5-6,10-11H2,1-4H3,(H,24,26). The van der Waals surface area contributed by atoms with Gasteiger partial charge in [0.15, 0.2) is 0 Å². The van der Waals surface area contributed by atoms with Crippen molar-refractivity contribution in [3.63, 3.8) is 0 Å². The second-order valence-corrected chi connectivity index (χ2v) is 8.15. The van der Waals surface area contributed by atoms with Crippen LogP contribution in [0.3, 0.4) is 0 Å². The molecule has 0 atom stereocenters. The zero-order chi connectivity index (χ0) is 21.8. The summed E-state index contributed by atoms with van der Waals surface area (Å²) in [7, 11) is 0. The fourth-order valence-corrected chi connectivity index (χ4v) is 4.57. The van der Waals surface area contributed by atoms with Gasteiger partial charge in [0.05, 0.1) is 29.4 Å². The van der Waals surface area contributed by atoms with E-state index in [0.29, 0.717) is 27.9 Å². The van der Waals surface area contributed by atoms with Gasteiger partial charge in [0.2, 0.25) is 5.91 Å². The summed E-state index contributed by atoms with van der Waals surface area (Å²) < 4.78 is 6.60. The van der Waals surface area contributed by atoms with E-state index >= 15 is 0 Å². The molecule has 0 spiro atoms. The number of rotatable bonds is 7. The van der Waals surface area contributed by atoms with E-state index in [1.54, 1.807) is 13.0 Å². The monoisotopic (exact) mass is 427 g/mol. The number of benzene rings is 1. The number of fused-ring (bicyclic) bond motifs is 1. The second-order valence-electron chi connectivity index (χ2n) is 6.93. The Morgan fingerprint density at radius 2 is 2.00 bits per heavy atom. The number of amides is 1. The van der Waals surface area contributed by atoms with Crippen molar-refractivity contribution in [2.45, 2.75) is 47.1 Å². The van der Waals surface area contributed by atoms with Crippen molar-refractivity contribution in [2.75, 3.05) is 11.9 Å². The molecule has 0 aliphatic carbocycles. The van der Waals surface area contributed by atoms with Crippen molar-refractivity contribution in [2.24, 2.45) is 0 Å². The molecule has 8 heteroatoms. The zero-order valence-corrected chi connectivity index (χ0v) is 18.4. The molecule has 0 saturated heterocycles. The maximum atomic E-state index is 12.7. The third-order valence-corrected chi connectivity index (χ3v) is 5.99. The highest BCUT2D eigenvalue weighted by atomic mass is 32.1. The number of hydrogen-bond acceptors (Lipinski definition) is 6. The lowest BCUT2D eigenvalue weighted by Crippen LogP contribution is -2.24. The molecule has 3 aromatic rings. The van der Waals surface area contributed by atoms with Crippen molar-refractivity contribution < 1.29 is 14.3 Å². The average Bonchev–Trinajstić information content (AvgIpc) is 3.03. The van der Waals surface area contributed by atoms with Gasteiger partial charge in [0.1, 0.15) is 5.00 Å². The molecular formula is C22H25N3O4S. The number of aromatic nitrogens is 2. The minimum Gasteiger partial charge on any atom is -0.462 e. The quantitative estimate of drug-likeness (QED) is 0.579. The number of nitrogens with zero attached hydrogens (tertiary/aromatic N) is 2. The lowest BCUT2D eigenvalue weighted by atomic mass is 10.1. The number of nitrogens with one attached hydrogen (secondary N) is 1. The molecule has 1 aromatic carbocycles. The minimum atomic E-state index is -0.431. The third-order valence-electron chi connectivity index (χ3n) is 4.93. The first-order valence-corrected chi connectivity index (χ1v) is 10.7. The highest BCUT2D eigenvalue weighted by molar-refractivity contribution is 7.16. The van der Waals surface area contributed by atoms with E-state index in [1.165, 1.54) is 22.2 Å². The van der Waals surface area contributed by atoms with Crippen LogP contribution < -0.4 is 10.9 Å². The van der Waals surface area contributed by atoms with Crippen molar-refractivity contribution in [3.05, 3.63) is 56.4 Å². The first-order valence-electron chi connectivity index (χ1n) is 9.91. The van der Waals surface area contributed by atoms with Crippen LogP contribution in [0.4, 0.5) is 5.00 Å². The van der Waals surface area contributed by atoms with E-state index < -0.39 is 5.97 Å². The summed E-state index contributed by atoms with van der Waals surface area (Å²) in [5.41, 5.74) is 2.74. The van der Waals surface area contributed by atoms with Crippen LogP contribution in [0.25, 0.3) is 10.9 Å². The predicted molar refractivity (Wildman–Crippen MR) is 118 cm³/mol. The molecule has 0 bridgehead atoms. The Hall–Kier alpha value is -3.00. The predicted octanol–water partition coefficient (Wildman–Crippen LogP) is 3.84. The van der Waals surface area contributed by atoms with Crippen LogP contribution in [0.1, 0.15) is 46.6 Å². The summed E-state index contributed by atoms with van der Waals surface area (Å²) in [6.45, 7) is 8.00. The van der Waals surface area contributed by atoms with Crippen LogP contribution in [0.2, 0.25) is 0 Å². The van der Waals surface area contributed by atoms with Crippen LogP contribution in [0.5, 0.6) is 0 Å². The number of anilines is 1. The van der Waals surface area contributed by atoms with Crippen LogP contribution in [-0.4, -0.2) is 28.0 Å². The molecule has 3 rings (SSSR count). The van der Waals surface area contributed by atoms with Crippen LogP contribution in [-0.2, 0) is 22.5 Å². The molecule has 1 N–H and O–H groups in total. The SMILES string of the molecule is CCOC(=O)c1c(NC(=O)CCn2cnc3c(C)cccc3c2=O)sc(C)c1CC. The molecule has 0 aliphatic rings. The molecule has 2 heterocycles. The lowest BCUT2D eigenvalue weighted by molar-refractivity contribution is -0.116. The summed E-state index contributed by atoms with van der Waals surface area (Å²) in [6, 6.07) is 5.46. The molecule has 158 valence electrons. The molecular weight excluding hydrogens is 402 g/mol. The van der Waals surface area contributed by atoms with E-state index in [4.69, 9.17) is 4.74 Å². The zero-order valence-electron chi connectivity index (χ0n) is 17.6. The van der Waals surface area contributed by atoms with E-state index in [2.05, 4.69) is 10.3 Å². The van der Waals surface area contributed by atoms with Crippen LogP contribution >= 0.6 is 11.3 Å². The van der Waals surface area contributed by atoms with Crippen molar-refractivity contribution in [1.29, 1.82) is 0 Å². The Morgan fingerprint density at radius 3 is 2.70 bits per heavy atom. The normalized spacial score (nSPS) is 10.9. The van der Waals surface area contributed by atoms with E-state index in [0.717, 1.165) is 16.0 Å². The van der Waals surface area contributed by atoms with Gasteiger partial charge in [-0.2, -0.15) is 0 Å². The van der Waals surface area contributed by atoms with Gasteiger partial charge >= 0.3 is 5.97 Å². The number of esters is 1. The molecule has 2 aromatic heterocycles. The van der Waals surface area contributed by atoms with Gasteiger partial charge in [-0.05, 0) is 44.4 Å². The fraction of sp³-hybridized carbons (Fsp3) is 0.364. The van der Waals surface area contributed by atoms with Gasteiger partial charge in [-0.25, -0.2) is 9.78 Å². The largest absolute Gasteiger partial charge is 0.462 e. The van der Waals surface area contributed by atoms with Crippen LogP contribution in [0.15, 0.2) is 29.3 Å². The van der Waals surface area contributed by atoms with Gasteiger partial charge in [-0.3, -0.25) is 14.2 Å². The van der Waals surface area contributed by atoms with Gasteiger partial charge in [0.25, 0.3) is 5.56 Å². The van der Waals surface area contributed by atoms with Crippen LogP contribution in [0, 0.1) is 13.8 Å². The highest BCUT2D eigenvalue weighted by Gasteiger charge is 2.23. The summed E-state index contributed by atoms with van der Waals surface area (Å²) in [4.78, 5) is 43.0. The van der Waals surface area contributed by atoms with Gasteiger partial charge < -0.3 is 10.1 Å². The molecule has 0 fully saturated rings. The van der Waals surface area contributed by atoms with Crippen molar-refractivity contribution >= 4 is 39.1 Å². The third kappa shape index (κ3) is 4.28. The molecule has 0 radical (unpaired) electrons. The minimum absolute atomic E-state index is 0.0829. The first-order chi connectivity index (χ1) is 14.4. The number of thiophene rings is 1. The fourth-order valence-electron chi connectivity index (χ4n) is 3.42. The molecule has 7 nitrogen and oxygen atoms in total. The number of carbonyl (C=O) groups is 2. The van der Waals surface area contributed by atoms with E-state index in [1.807, 2.05) is 32.9 Å². The molecule has 0 unspecified atom stereocenters. The maximum Gasteiger partial charge on any atom is 0.341 e. The number of ether oxygens (including phenoxy) is 1. The summed E-state index contributed by atoms with van der Waals surface area (Å²) in [6.07, 6.45) is 2.23. The topological polar surface area (TPSA) is 90.3 Å². The number of hydrogen-bond donors (Lipinski definition) is 1. The van der Waals surface area contributed by atoms with Crippen molar-refractivity contribution in [3.8, 4) is 0 Å². The Bertz CT molecular complexity index is 1160. The Morgan fingerprint density at radius 1 is 1.23 bits per heavy atom.